The highest BCUT2D eigenvalue weighted by Gasteiger charge is 2.43. The Morgan fingerprint density at radius 1 is 1.69 bits per heavy atom. The highest BCUT2D eigenvalue weighted by Crippen LogP contribution is 2.34. The predicted octanol–water partition coefficient (Wildman–Crippen LogP) is 0.720. The number of carboxylic acid groups (broad SMARTS) is 1. The van der Waals surface area contributed by atoms with E-state index >= 15 is 0 Å². The molecule has 1 N–H and O–H groups in total. The molecule has 1 unspecified atom stereocenters. The van der Waals surface area contributed by atoms with E-state index in [1.54, 1.807) is 4.90 Å². The second-order valence-corrected chi connectivity index (χ2v) is 3.66. The van der Waals surface area contributed by atoms with Crippen molar-refractivity contribution in [1.29, 1.82) is 0 Å². The van der Waals surface area contributed by atoms with Crippen molar-refractivity contribution < 1.29 is 14.7 Å². The lowest BCUT2D eigenvalue weighted by Gasteiger charge is -2.22. The number of amides is 1. The van der Waals surface area contributed by atoms with Crippen LogP contribution in [0, 0.1) is 5.41 Å². The lowest BCUT2D eigenvalue weighted by Crippen LogP contribution is -2.34. The number of hydrogen-bond acceptors (Lipinski definition) is 2. The van der Waals surface area contributed by atoms with E-state index in [-0.39, 0.29) is 0 Å². The first-order valence-corrected chi connectivity index (χ1v) is 4.57. The summed E-state index contributed by atoms with van der Waals surface area (Å²) in [6.07, 6.45) is 2.83. The molecule has 1 heterocycles. The Labute approximate surface area is 77.5 Å². The van der Waals surface area contributed by atoms with Crippen molar-refractivity contribution in [2.75, 3.05) is 13.1 Å². The summed E-state index contributed by atoms with van der Waals surface area (Å²) in [6.45, 7) is 2.92. The van der Waals surface area contributed by atoms with Crippen LogP contribution in [-0.4, -0.2) is 35.5 Å². The van der Waals surface area contributed by atoms with Gasteiger partial charge in [0.15, 0.2) is 0 Å². The summed E-state index contributed by atoms with van der Waals surface area (Å²) >= 11 is 0. The summed E-state index contributed by atoms with van der Waals surface area (Å²) in [5, 5.41) is 9.07. The third-order valence-corrected chi connectivity index (χ3v) is 2.71. The second kappa shape index (κ2) is 3.77. The molecule has 1 aliphatic rings. The maximum Gasteiger partial charge on any atom is 0.311 e. The zero-order valence-corrected chi connectivity index (χ0v) is 7.82. The molecule has 4 heteroatoms. The Bertz CT molecular complexity index is 217. The largest absolute Gasteiger partial charge is 0.481 e. The second-order valence-electron chi connectivity index (χ2n) is 3.66. The molecule has 1 fully saturated rings. The van der Waals surface area contributed by atoms with Gasteiger partial charge in [-0.1, -0.05) is 13.3 Å². The van der Waals surface area contributed by atoms with E-state index in [0.29, 0.717) is 25.9 Å². The summed E-state index contributed by atoms with van der Waals surface area (Å²) in [4.78, 5) is 23.0. The smallest absolute Gasteiger partial charge is 0.311 e. The number of likely N-dealkylation sites (tertiary alicyclic amines) is 1. The number of carboxylic acids is 1. The molecule has 0 radical (unpaired) electrons. The number of nitrogens with zero attached hydrogens (tertiary/aromatic N) is 1. The average molecular weight is 185 g/mol. The zero-order chi connectivity index (χ0) is 9.90. The van der Waals surface area contributed by atoms with Crippen LogP contribution >= 0.6 is 0 Å². The first-order valence-electron chi connectivity index (χ1n) is 4.57. The molecule has 1 amide bonds. The molecule has 0 bridgehead atoms. The minimum absolute atomic E-state index is 0.375. The molecule has 1 aliphatic heterocycles. The molecule has 0 aromatic carbocycles. The van der Waals surface area contributed by atoms with Crippen molar-refractivity contribution in [3.63, 3.8) is 0 Å². The summed E-state index contributed by atoms with van der Waals surface area (Å²) in [5.41, 5.74) is -0.671. The number of aliphatic carboxylic acids is 1. The van der Waals surface area contributed by atoms with Crippen molar-refractivity contribution in [2.45, 2.75) is 26.2 Å². The van der Waals surface area contributed by atoms with Gasteiger partial charge in [0.1, 0.15) is 0 Å². The van der Waals surface area contributed by atoms with Crippen LogP contribution in [0.25, 0.3) is 0 Å². The van der Waals surface area contributed by atoms with Crippen LogP contribution < -0.4 is 0 Å². The van der Waals surface area contributed by atoms with Gasteiger partial charge in [-0.2, -0.15) is 0 Å². The van der Waals surface area contributed by atoms with Crippen LogP contribution in [0.1, 0.15) is 26.2 Å². The number of hydrogen-bond donors (Lipinski definition) is 1. The van der Waals surface area contributed by atoms with Crippen LogP contribution in [0.5, 0.6) is 0 Å². The van der Waals surface area contributed by atoms with Gasteiger partial charge in [0.05, 0.1) is 5.41 Å². The molecule has 1 saturated heterocycles. The Hall–Kier alpha value is -1.06. The molecule has 0 aliphatic carbocycles. The van der Waals surface area contributed by atoms with Crippen LogP contribution in [0.4, 0.5) is 0 Å². The topological polar surface area (TPSA) is 57.6 Å². The number of rotatable bonds is 4. The highest BCUT2D eigenvalue weighted by atomic mass is 16.4. The minimum atomic E-state index is -0.765. The van der Waals surface area contributed by atoms with Crippen LogP contribution in [0.15, 0.2) is 0 Å². The van der Waals surface area contributed by atoms with Gasteiger partial charge >= 0.3 is 5.97 Å². The van der Waals surface area contributed by atoms with E-state index in [1.165, 1.54) is 0 Å². The van der Waals surface area contributed by atoms with E-state index < -0.39 is 11.4 Å². The Balaban J connectivity index is 2.70. The number of carbonyl (C=O) groups is 2. The molecule has 0 aromatic heterocycles. The average Bonchev–Trinajstić information content (AvgIpc) is 2.50. The van der Waals surface area contributed by atoms with E-state index in [1.807, 2.05) is 6.92 Å². The summed E-state index contributed by atoms with van der Waals surface area (Å²) in [5.74, 6) is -0.765. The Morgan fingerprint density at radius 3 is 2.77 bits per heavy atom. The summed E-state index contributed by atoms with van der Waals surface area (Å²) in [7, 11) is 0. The highest BCUT2D eigenvalue weighted by molar-refractivity contribution is 5.76. The van der Waals surface area contributed by atoms with Gasteiger partial charge in [-0.05, 0) is 12.8 Å². The fourth-order valence-electron chi connectivity index (χ4n) is 1.96. The van der Waals surface area contributed by atoms with E-state index in [9.17, 15) is 9.59 Å². The molecular formula is C9H15NO3. The van der Waals surface area contributed by atoms with Crippen LogP contribution in [0.3, 0.4) is 0 Å². The lowest BCUT2D eigenvalue weighted by atomic mass is 9.83. The summed E-state index contributed by atoms with van der Waals surface area (Å²) < 4.78 is 0. The van der Waals surface area contributed by atoms with Crippen molar-refractivity contribution >= 4 is 12.4 Å². The van der Waals surface area contributed by atoms with E-state index in [2.05, 4.69) is 0 Å². The van der Waals surface area contributed by atoms with Crippen molar-refractivity contribution in [1.82, 2.24) is 4.90 Å². The molecule has 0 aromatic rings. The van der Waals surface area contributed by atoms with Gasteiger partial charge < -0.3 is 10.0 Å². The van der Waals surface area contributed by atoms with Gasteiger partial charge in [-0.15, -0.1) is 0 Å². The normalized spacial score (nSPS) is 27.6. The maximum atomic E-state index is 11.0. The fraction of sp³-hybridized carbons (Fsp3) is 0.778. The molecule has 74 valence electrons. The SMILES string of the molecule is CCCC1(C(=O)O)CCN(C=O)C1. The fourth-order valence-corrected chi connectivity index (χ4v) is 1.96. The van der Waals surface area contributed by atoms with Gasteiger partial charge in [0, 0.05) is 13.1 Å². The molecule has 0 saturated carbocycles. The quantitative estimate of drug-likeness (QED) is 0.656. The first-order chi connectivity index (χ1) is 6.14. The Kier molecular flexibility index (Phi) is 2.90. The van der Waals surface area contributed by atoms with Crippen LogP contribution in [0.2, 0.25) is 0 Å². The van der Waals surface area contributed by atoms with Gasteiger partial charge in [-0.25, -0.2) is 0 Å². The van der Waals surface area contributed by atoms with Crippen molar-refractivity contribution in [2.24, 2.45) is 5.41 Å². The van der Waals surface area contributed by atoms with Crippen molar-refractivity contribution in [3.8, 4) is 0 Å². The van der Waals surface area contributed by atoms with Crippen molar-refractivity contribution in [3.05, 3.63) is 0 Å². The zero-order valence-electron chi connectivity index (χ0n) is 7.82. The van der Waals surface area contributed by atoms with Crippen LogP contribution in [-0.2, 0) is 9.59 Å². The molecular weight excluding hydrogens is 170 g/mol. The standard InChI is InChI=1S/C9H15NO3/c1-2-3-9(8(12)13)4-5-10(6-9)7-11/h7H,2-6H2,1H3,(H,12,13). The summed E-state index contributed by atoms with van der Waals surface area (Å²) in [6, 6.07) is 0. The molecule has 1 atom stereocenters. The van der Waals surface area contributed by atoms with E-state index in [0.717, 1.165) is 12.8 Å². The van der Waals surface area contributed by atoms with Gasteiger partial charge in [-0.3, -0.25) is 9.59 Å². The monoisotopic (exact) mass is 185 g/mol. The molecule has 0 spiro atoms. The van der Waals surface area contributed by atoms with Gasteiger partial charge in [0.25, 0.3) is 0 Å². The predicted molar refractivity (Wildman–Crippen MR) is 47.2 cm³/mol. The third kappa shape index (κ3) is 1.82. The Morgan fingerprint density at radius 2 is 2.38 bits per heavy atom. The first kappa shape index (κ1) is 10.0. The third-order valence-electron chi connectivity index (χ3n) is 2.71. The molecule has 4 nitrogen and oxygen atoms in total. The lowest BCUT2D eigenvalue weighted by molar-refractivity contribution is -0.148. The molecule has 13 heavy (non-hydrogen) atoms. The van der Waals surface area contributed by atoms with Gasteiger partial charge in [0.2, 0.25) is 6.41 Å². The molecule has 1 rings (SSSR count). The minimum Gasteiger partial charge on any atom is -0.481 e. The number of carbonyl (C=O) groups excluding carboxylic acids is 1. The van der Waals surface area contributed by atoms with E-state index in [4.69, 9.17) is 5.11 Å². The maximum absolute atomic E-state index is 11.0.